The summed E-state index contributed by atoms with van der Waals surface area (Å²) in [5, 5.41) is 9.46. The Morgan fingerprint density at radius 3 is 2.41 bits per heavy atom. The first-order valence-corrected chi connectivity index (χ1v) is 9.11. The molecule has 27 heavy (non-hydrogen) atoms. The molecule has 0 bridgehead atoms. The van der Waals surface area contributed by atoms with E-state index in [-0.39, 0.29) is 40.3 Å². The Balaban J connectivity index is 2.15. The fourth-order valence-corrected chi connectivity index (χ4v) is 3.19. The summed E-state index contributed by atoms with van der Waals surface area (Å²) in [6.07, 6.45) is 0.0255. The van der Waals surface area contributed by atoms with E-state index in [4.69, 9.17) is 19.9 Å². The number of nitrogen functional groups attached to an aromatic ring is 1. The molecule has 0 amide bonds. The van der Waals surface area contributed by atoms with Crippen molar-refractivity contribution in [2.45, 2.75) is 33.5 Å². The summed E-state index contributed by atoms with van der Waals surface area (Å²) in [6.45, 7) is 5.41. The highest BCUT2D eigenvalue weighted by Crippen LogP contribution is 2.32. The molecule has 2 rings (SSSR count). The number of thiophene rings is 1. The van der Waals surface area contributed by atoms with Gasteiger partial charge in [0.05, 0.1) is 23.8 Å². The third-order valence-corrected chi connectivity index (χ3v) is 4.46. The van der Waals surface area contributed by atoms with Crippen molar-refractivity contribution in [3.63, 3.8) is 0 Å². The van der Waals surface area contributed by atoms with Gasteiger partial charge < -0.3 is 19.9 Å². The summed E-state index contributed by atoms with van der Waals surface area (Å²) in [5.41, 5.74) is 6.50. The molecule has 0 spiro atoms. The standard InChI is InChI=1S/C19H20N2O5S/c1-4-24-19(23)16-15(14(9-20)17(21)27-16)10-25-18(22)12-5-7-13(8-6-12)26-11(2)3/h5-8,11H,4,10,21H2,1-3H3. The van der Waals surface area contributed by atoms with Crippen LogP contribution in [0.3, 0.4) is 0 Å². The molecule has 142 valence electrons. The number of ether oxygens (including phenoxy) is 3. The molecule has 7 nitrogen and oxygen atoms in total. The lowest BCUT2D eigenvalue weighted by atomic mass is 10.1. The molecule has 8 heteroatoms. The summed E-state index contributed by atoms with van der Waals surface area (Å²) in [7, 11) is 0. The monoisotopic (exact) mass is 388 g/mol. The van der Waals surface area contributed by atoms with E-state index in [1.807, 2.05) is 19.9 Å². The van der Waals surface area contributed by atoms with Gasteiger partial charge in [0.2, 0.25) is 0 Å². The smallest absolute Gasteiger partial charge is 0.348 e. The lowest BCUT2D eigenvalue weighted by molar-refractivity contribution is 0.0452. The van der Waals surface area contributed by atoms with Crippen LogP contribution in [0.2, 0.25) is 0 Å². The molecule has 1 aromatic carbocycles. The SMILES string of the molecule is CCOC(=O)c1sc(N)c(C#N)c1COC(=O)c1ccc(OC(C)C)cc1. The molecule has 0 aliphatic heterocycles. The quantitative estimate of drug-likeness (QED) is 0.722. The van der Waals surface area contributed by atoms with Crippen LogP contribution in [0.1, 0.15) is 51.9 Å². The van der Waals surface area contributed by atoms with Crippen LogP contribution in [-0.2, 0) is 16.1 Å². The number of carbonyl (C=O) groups is 2. The molecule has 0 aliphatic carbocycles. The highest BCUT2D eigenvalue weighted by atomic mass is 32.1. The third kappa shape index (κ3) is 4.99. The average molecular weight is 388 g/mol. The third-order valence-electron chi connectivity index (χ3n) is 3.42. The van der Waals surface area contributed by atoms with Gasteiger partial charge in [-0.05, 0) is 45.0 Å². The number of anilines is 1. The number of carbonyl (C=O) groups excluding carboxylic acids is 2. The highest BCUT2D eigenvalue weighted by molar-refractivity contribution is 7.18. The summed E-state index contributed by atoms with van der Waals surface area (Å²) < 4.78 is 15.8. The molecule has 0 fully saturated rings. The summed E-state index contributed by atoms with van der Waals surface area (Å²) >= 11 is 0.942. The molecule has 2 aromatic rings. The molecular weight excluding hydrogens is 368 g/mol. The van der Waals surface area contributed by atoms with E-state index >= 15 is 0 Å². The van der Waals surface area contributed by atoms with Crippen molar-refractivity contribution < 1.29 is 23.8 Å². The molecule has 1 heterocycles. The Hall–Kier alpha value is -3.05. The second kappa shape index (κ2) is 9.05. The number of benzene rings is 1. The topological polar surface area (TPSA) is 112 Å². The van der Waals surface area contributed by atoms with E-state index in [9.17, 15) is 14.9 Å². The zero-order valence-corrected chi connectivity index (χ0v) is 16.1. The highest BCUT2D eigenvalue weighted by Gasteiger charge is 2.24. The number of hydrogen-bond acceptors (Lipinski definition) is 8. The van der Waals surface area contributed by atoms with Crippen molar-refractivity contribution in [3.05, 3.63) is 45.8 Å². The van der Waals surface area contributed by atoms with Gasteiger partial charge in [-0.2, -0.15) is 5.26 Å². The van der Waals surface area contributed by atoms with Crippen LogP contribution in [0.15, 0.2) is 24.3 Å². The molecule has 0 aliphatic rings. The van der Waals surface area contributed by atoms with E-state index < -0.39 is 11.9 Å². The van der Waals surface area contributed by atoms with Gasteiger partial charge in [-0.1, -0.05) is 0 Å². The normalized spacial score (nSPS) is 10.3. The fraction of sp³-hybridized carbons (Fsp3) is 0.316. The molecule has 0 unspecified atom stereocenters. The van der Waals surface area contributed by atoms with Gasteiger partial charge in [-0.25, -0.2) is 9.59 Å². The minimum Gasteiger partial charge on any atom is -0.491 e. The first-order valence-electron chi connectivity index (χ1n) is 8.29. The summed E-state index contributed by atoms with van der Waals surface area (Å²) in [6, 6.07) is 8.45. The van der Waals surface area contributed by atoms with Gasteiger partial charge in [-0.15, -0.1) is 11.3 Å². The van der Waals surface area contributed by atoms with Crippen LogP contribution in [0.25, 0.3) is 0 Å². The average Bonchev–Trinajstić information content (AvgIpc) is 2.95. The Morgan fingerprint density at radius 1 is 1.19 bits per heavy atom. The van der Waals surface area contributed by atoms with E-state index in [0.29, 0.717) is 11.3 Å². The van der Waals surface area contributed by atoms with Gasteiger partial charge in [0, 0.05) is 5.56 Å². The first-order chi connectivity index (χ1) is 12.9. The minimum absolute atomic E-state index is 0.0255. The van der Waals surface area contributed by atoms with Crippen molar-refractivity contribution in [2.24, 2.45) is 0 Å². The minimum atomic E-state index is -0.600. The van der Waals surface area contributed by atoms with Gasteiger partial charge in [-0.3, -0.25) is 0 Å². The van der Waals surface area contributed by atoms with Gasteiger partial charge in [0.25, 0.3) is 0 Å². The van der Waals surface area contributed by atoms with Crippen molar-refractivity contribution in [3.8, 4) is 11.8 Å². The largest absolute Gasteiger partial charge is 0.491 e. The number of hydrogen-bond donors (Lipinski definition) is 1. The fourth-order valence-electron chi connectivity index (χ4n) is 2.27. The zero-order valence-electron chi connectivity index (χ0n) is 15.3. The number of esters is 2. The van der Waals surface area contributed by atoms with Crippen molar-refractivity contribution in [1.29, 1.82) is 5.26 Å². The van der Waals surface area contributed by atoms with E-state index in [0.717, 1.165) is 11.3 Å². The van der Waals surface area contributed by atoms with Crippen LogP contribution in [-0.4, -0.2) is 24.6 Å². The van der Waals surface area contributed by atoms with E-state index in [2.05, 4.69) is 0 Å². The molecule has 0 saturated carbocycles. The van der Waals surface area contributed by atoms with Crippen LogP contribution in [0.4, 0.5) is 5.00 Å². The maximum atomic E-state index is 12.3. The van der Waals surface area contributed by atoms with Crippen molar-refractivity contribution in [1.82, 2.24) is 0 Å². The molecular formula is C19H20N2O5S. The maximum Gasteiger partial charge on any atom is 0.348 e. The molecule has 0 saturated heterocycles. The predicted octanol–water partition coefficient (Wildman–Crippen LogP) is 3.52. The first kappa shape index (κ1) is 20.3. The Morgan fingerprint density at radius 2 is 1.85 bits per heavy atom. The van der Waals surface area contributed by atoms with E-state index in [1.54, 1.807) is 31.2 Å². The van der Waals surface area contributed by atoms with Gasteiger partial charge >= 0.3 is 11.9 Å². The summed E-state index contributed by atoms with van der Waals surface area (Å²) in [4.78, 5) is 24.5. The Bertz CT molecular complexity index is 865. The zero-order chi connectivity index (χ0) is 20.0. The van der Waals surface area contributed by atoms with Crippen LogP contribution < -0.4 is 10.5 Å². The van der Waals surface area contributed by atoms with Crippen molar-refractivity contribution >= 4 is 28.3 Å². The van der Waals surface area contributed by atoms with E-state index in [1.165, 1.54) is 0 Å². The molecule has 0 atom stereocenters. The number of nitriles is 1. The van der Waals surface area contributed by atoms with Crippen LogP contribution >= 0.6 is 11.3 Å². The molecule has 0 radical (unpaired) electrons. The number of nitrogens with two attached hydrogens (primary N) is 1. The maximum absolute atomic E-state index is 12.3. The Kier molecular flexibility index (Phi) is 6.79. The number of nitrogens with zero attached hydrogens (tertiary/aromatic N) is 1. The van der Waals surface area contributed by atoms with Crippen LogP contribution in [0.5, 0.6) is 5.75 Å². The second-order valence-electron chi connectivity index (χ2n) is 5.75. The lowest BCUT2D eigenvalue weighted by Gasteiger charge is -2.10. The number of rotatable bonds is 7. The van der Waals surface area contributed by atoms with Crippen LogP contribution in [0, 0.1) is 11.3 Å². The molecule has 1 aromatic heterocycles. The van der Waals surface area contributed by atoms with Gasteiger partial charge in [0.1, 0.15) is 28.3 Å². The predicted molar refractivity (Wildman–Crippen MR) is 101 cm³/mol. The van der Waals surface area contributed by atoms with Crippen molar-refractivity contribution in [2.75, 3.05) is 12.3 Å². The Labute approximate surface area is 161 Å². The summed E-state index contributed by atoms with van der Waals surface area (Å²) in [5.74, 6) is -0.546. The lowest BCUT2D eigenvalue weighted by Crippen LogP contribution is -2.10. The second-order valence-corrected chi connectivity index (χ2v) is 6.80. The van der Waals surface area contributed by atoms with Gasteiger partial charge in [0.15, 0.2) is 0 Å². The molecule has 2 N–H and O–H groups in total.